The van der Waals surface area contributed by atoms with E-state index in [1.807, 2.05) is 55.5 Å². The Balaban J connectivity index is 1.99. The normalized spacial score (nSPS) is 13.3. The number of hydrogen-bond donors (Lipinski definition) is 2. The lowest BCUT2D eigenvalue weighted by Gasteiger charge is -2.21. The lowest BCUT2D eigenvalue weighted by atomic mass is 10.0. The van der Waals surface area contributed by atoms with Crippen LogP contribution < -0.4 is 5.32 Å². The van der Waals surface area contributed by atoms with Crippen LogP contribution in [-0.2, 0) is 4.79 Å². The van der Waals surface area contributed by atoms with Crippen molar-refractivity contribution in [2.24, 2.45) is 0 Å². The SMILES string of the molecule is CC(Sc1ccccn1)C(=O)NC(CCCO)c1ccccc1. The number of amides is 1. The molecule has 0 bridgehead atoms. The molecule has 0 spiro atoms. The number of carbonyl (C=O) groups is 1. The van der Waals surface area contributed by atoms with Crippen molar-refractivity contribution < 1.29 is 9.90 Å². The monoisotopic (exact) mass is 330 g/mol. The van der Waals surface area contributed by atoms with E-state index in [9.17, 15) is 4.79 Å². The summed E-state index contributed by atoms with van der Waals surface area (Å²) < 4.78 is 0. The topological polar surface area (TPSA) is 62.2 Å². The van der Waals surface area contributed by atoms with Gasteiger partial charge in [0.2, 0.25) is 5.91 Å². The smallest absolute Gasteiger partial charge is 0.233 e. The molecule has 2 unspecified atom stereocenters. The molecule has 1 aromatic carbocycles. The molecule has 0 aliphatic carbocycles. The van der Waals surface area contributed by atoms with Gasteiger partial charge in [0.1, 0.15) is 0 Å². The Bertz CT molecular complexity index is 592. The van der Waals surface area contributed by atoms with Gasteiger partial charge in [-0.15, -0.1) is 0 Å². The van der Waals surface area contributed by atoms with Gasteiger partial charge in [0.25, 0.3) is 0 Å². The lowest BCUT2D eigenvalue weighted by Crippen LogP contribution is -2.34. The molecule has 23 heavy (non-hydrogen) atoms. The molecule has 2 atom stereocenters. The first-order chi connectivity index (χ1) is 11.2. The largest absolute Gasteiger partial charge is 0.396 e. The highest BCUT2D eigenvalue weighted by molar-refractivity contribution is 8.00. The summed E-state index contributed by atoms with van der Waals surface area (Å²) in [4.78, 5) is 16.7. The van der Waals surface area contributed by atoms with Crippen molar-refractivity contribution in [2.75, 3.05) is 6.61 Å². The van der Waals surface area contributed by atoms with E-state index < -0.39 is 0 Å². The molecule has 0 saturated carbocycles. The second kappa shape index (κ2) is 9.33. The molecule has 0 aliphatic heterocycles. The Hall–Kier alpha value is -1.85. The molecule has 2 N–H and O–H groups in total. The number of nitrogens with one attached hydrogen (secondary N) is 1. The number of aliphatic hydroxyl groups excluding tert-OH is 1. The summed E-state index contributed by atoms with van der Waals surface area (Å²) >= 11 is 1.44. The third kappa shape index (κ3) is 5.69. The van der Waals surface area contributed by atoms with Crippen LogP contribution in [0, 0.1) is 0 Å². The number of aliphatic hydroxyl groups is 1. The van der Waals surface area contributed by atoms with Crippen LogP contribution >= 0.6 is 11.8 Å². The number of benzene rings is 1. The van der Waals surface area contributed by atoms with Crippen molar-refractivity contribution >= 4 is 17.7 Å². The van der Waals surface area contributed by atoms with Gasteiger partial charge in [-0.3, -0.25) is 4.79 Å². The minimum absolute atomic E-state index is 0.0209. The van der Waals surface area contributed by atoms with Gasteiger partial charge in [-0.2, -0.15) is 0 Å². The van der Waals surface area contributed by atoms with Crippen molar-refractivity contribution in [1.29, 1.82) is 0 Å². The molecule has 2 rings (SSSR count). The average Bonchev–Trinajstić information content (AvgIpc) is 2.60. The van der Waals surface area contributed by atoms with E-state index in [0.717, 1.165) is 10.6 Å². The minimum Gasteiger partial charge on any atom is -0.396 e. The summed E-state index contributed by atoms with van der Waals surface area (Å²) in [6.45, 7) is 2.00. The predicted octanol–water partition coefficient (Wildman–Crippen LogP) is 3.19. The molecule has 4 nitrogen and oxygen atoms in total. The van der Waals surface area contributed by atoms with Gasteiger partial charge in [0.15, 0.2) is 0 Å². The quantitative estimate of drug-likeness (QED) is 0.730. The zero-order valence-electron chi connectivity index (χ0n) is 13.2. The summed E-state index contributed by atoms with van der Waals surface area (Å²) in [7, 11) is 0. The Morgan fingerprint density at radius 2 is 1.96 bits per heavy atom. The third-order valence-corrected chi connectivity index (χ3v) is 4.52. The zero-order valence-corrected chi connectivity index (χ0v) is 14.0. The van der Waals surface area contributed by atoms with Crippen LogP contribution in [0.15, 0.2) is 59.8 Å². The maximum absolute atomic E-state index is 12.5. The van der Waals surface area contributed by atoms with E-state index in [2.05, 4.69) is 10.3 Å². The Labute approximate surface area is 141 Å². The number of thioether (sulfide) groups is 1. The van der Waals surface area contributed by atoms with Crippen LogP contribution in [0.4, 0.5) is 0 Å². The maximum Gasteiger partial charge on any atom is 0.233 e. The van der Waals surface area contributed by atoms with E-state index >= 15 is 0 Å². The van der Waals surface area contributed by atoms with Gasteiger partial charge in [0, 0.05) is 12.8 Å². The highest BCUT2D eigenvalue weighted by Gasteiger charge is 2.20. The van der Waals surface area contributed by atoms with Gasteiger partial charge >= 0.3 is 0 Å². The van der Waals surface area contributed by atoms with Gasteiger partial charge in [0.05, 0.1) is 16.3 Å². The van der Waals surface area contributed by atoms with Crippen LogP contribution in [0.2, 0.25) is 0 Å². The van der Waals surface area contributed by atoms with E-state index in [1.54, 1.807) is 6.20 Å². The van der Waals surface area contributed by atoms with Gasteiger partial charge in [-0.1, -0.05) is 48.2 Å². The maximum atomic E-state index is 12.5. The molecular weight excluding hydrogens is 308 g/mol. The molecule has 1 aromatic heterocycles. The Kier molecular flexibility index (Phi) is 7.10. The Morgan fingerprint density at radius 3 is 2.61 bits per heavy atom. The number of hydrogen-bond acceptors (Lipinski definition) is 4. The molecule has 0 radical (unpaired) electrons. The zero-order chi connectivity index (χ0) is 16.5. The van der Waals surface area contributed by atoms with Crippen LogP contribution in [0.3, 0.4) is 0 Å². The summed E-state index contributed by atoms with van der Waals surface area (Å²) in [5.74, 6) is -0.0209. The Morgan fingerprint density at radius 1 is 1.22 bits per heavy atom. The van der Waals surface area contributed by atoms with E-state index in [0.29, 0.717) is 12.8 Å². The fourth-order valence-corrected chi connectivity index (χ4v) is 3.06. The molecule has 122 valence electrons. The lowest BCUT2D eigenvalue weighted by molar-refractivity contribution is -0.121. The molecule has 1 heterocycles. The number of rotatable bonds is 8. The molecule has 5 heteroatoms. The van der Waals surface area contributed by atoms with Crippen molar-refractivity contribution in [3.8, 4) is 0 Å². The van der Waals surface area contributed by atoms with E-state index in [-0.39, 0.29) is 23.8 Å². The molecular formula is C18H22N2O2S. The molecule has 1 amide bonds. The highest BCUT2D eigenvalue weighted by atomic mass is 32.2. The van der Waals surface area contributed by atoms with Crippen molar-refractivity contribution in [3.05, 3.63) is 60.3 Å². The van der Waals surface area contributed by atoms with Crippen LogP contribution in [-0.4, -0.2) is 27.9 Å². The first-order valence-electron chi connectivity index (χ1n) is 7.74. The average molecular weight is 330 g/mol. The second-order valence-electron chi connectivity index (χ2n) is 5.27. The van der Waals surface area contributed by atoms with Gasteiger partial charge < -0.3 is 10.4 Å². The van der Waals surface area contributed by atoms with Crippen LogP contribution in [0.25, 0.3) is 0 Å². The fraction of sp³-hybridized carbons (Fsp3) is 0.333. The summed E-state index contributed by atoms with van der Waals surface area (Å²) in [5.41, 5.74) is 1.06. The minimum atomic E-state index is -0.231. The van der Waals surface area contributed by atoms with E-state index in [4.69, 9.17) is 5.11 Å². The molecule has 0 fully saturated rings. The molecule has 0 aliphatic rings. The first-order valence-corrected chi connectivity index (χ1v) is 8.62. The van der Waals surface area contributed by atoms with Crippen molar-refractivity contribution in [3.63, 3.8) is 0 Å². The van der Waals surface area contributed by atoms with Crippen LogP contribution in [0.5, 0.6) is 0 Å². The van der Waals surface area contributed by atoms with Gasteiger partial charge in [-0.25, -0.2) is 4.98 Å². The summed E-state index contributed by atoms with van der Waals surface area (Å²) in [6, 6.07) is 15.4. The second-order valence-corrected chi connectivity index (χ2v) is 6.63. The number of aromatic nitrogens is 1. The van der Waals surface area contributed by atoms with Crippen molar-refractivity contribution in [1.82, 2.24) is 10.3 Å². The highest BCUT2D eigenvalue weighted by Crippen LogP contribution is 2.23. The summed E-state index contributed by atoms with van der Waals surface area (Å²) in [6.07, 6.45) is 3.09. The fourth-order valence-electron chi connectivity index (χ4n) is 2.24. The molecule has 2 aromatic rings. The van der Waals surface area contributed by atoms with Crippen LogP contribution in [0.1, 0.15) is 31.4 Å². The molecule has 0 saturated heterocycles. The standard InChI is InChI=1S/C18H22N2O2S/c1-14(23-17-11-5-6-12-19-17)18(22)20-16(10-7-13-21)15-8-3-2-4-9-15/h2-6,8-9,11-12,14,16,21H,7,10,13H2,1H3,(H,20,22). The summed E-state index contributed by atoms with van der Waals surface area (Å²) in [5, 5.41) is 12.8. The van der Waals surface area contributed by atoms with Gasteiger partial charge in [-0.05, 0) is 37.5 Å². The third-order valence-electron chi connectivity index (χ3n) is 3.47. The van der Waals surface area contributed by atoms with E-state index in [1.165, 1.54) is 11.8 Å². The first kappa shape index (κ1) is 17.5. The number of nitrogens with zero attached hydrogens (tertiary/aromatic N) is 1. The predicted molar refractivity (Wildman–Crippen MR) is 93.2 cm³/mol. The van der Waals surface area contributed by atoms with Crippen molar-refractivity contribution in [2.45, 2.75) is 36.1 Å². The number of pyridine rings is 1. The number of carbonyl (C=O) groups excluding carboxylic acids is 1.